The molecular weight excluding hydrogens is 240 g/mol. The molecule has 0 bridgehead atoms. The van der Waals surface area contributed by atoms with Gasteiger partial charge in [-0.05, 0) is 43.0 Å². The molecule has 2 aromatic rings. The van der Waals surface area contributed by atoms with Crippen molar-refractivity contribution < 1.29 is 0 Å². The van der Waals surface area contributed by atoms with Gasteiger partial charge in [0.15, 0.2) is 0 Å². The van der Waals surface area contributed by atoms with Crippen LogP contribution in [0.2, 0.25) is 0 Å². The Morgan fingerprint density at radius 2 is 2.33 bits per heavy atom. The van der Waals surface area contributed by atoms with Gasteiger partial charge in [0.25, 0.3) is 0 Å². The van der Waals surface area contributed by atoms with Crippen LogP contribution in [0.1, 0.15) is 46.3 Å². The molecule has 0 saturated carbocycles. The van der Waals surface area contributed by atoms with Gasteiger partial charge < -0.3 is 5.73 Å². The van der Waals surface area contributed by atoms with Crippen LogP contribution in [-0.4, -0.2) is 4.98 Å². The topological polar surface area (TPSA) is 38.9 Å². The van der Waals surface area contributed by atoms with Crippen molar-refractivity contribution in [2.75, 3.05) is 0 Å². The first kappa shape index (κ1) is 11.9. The average Bonchev–Trinajstić information content (AvgIpc) is 3.04. The van der Waals surface area contributed by atoms with E-state index in [2.05, 4.69) is 30.1 Å². The highest BCUT2D eigenvalue weighted by Crippen LogP contribution is 2.40. The molecule has 0 aliphatic heterocycles. The van der Waals surface area contributed by atoms with Crippen molar-refractivity contribution in [1.29, 1.82) is 0 Å². The van der Waals surface area contributed by atoms with E-state index in [9.17, 15) is 0 Å². The average molecular weight is 258 g/mol. The van der Waals surface area contributed by atoms with Gasteiger partial charge >= 0.3 is 0 Å². The molecule has 2 heterocycles. The van der Waals surface area contributed by atoms with E-state index < -0.39 is 0 Å². The number of fused-ring (bicyclic) bond motifs is 1. The molecule has 0 amide bonds. The summed E-state index contributed by atoms with van der Waals surface area (Å²) in [4.78, 5) is 7.26. The molecule has 2 N–H and O–H groups in total. The number of pyridine rings is 1. The van der Waals surface area contributed by atoms with E-state index in [4.69, 9.17) is 5.73 Å². The van der Waals surface area contributed by atoms with Gasteiger partial charge in [-0.15, -0.1) is 11.3 Å². The normalized spacial score (nSPS) is 19.8. The molecule has 2 nitrogen and oxygen atoms in total. The third-order valence-corrected chi connectivity index (χ3v) is 5.13. The summed E-state index contributed by atoms with van der Waals surface area (Å²) in [5.74, 6) is 0.393. The van der Waals surface area contributed by atoms with Crippen molar-refractivity contribution in [2.45, 2.75) is 38.1 Å². The van der Waals surface area contributed by atoms with Crippen LogP contribution in [0.25, 0.3) is 0 Å². The summed E-state index contributed by atoms with van der Waals surface area (Å²) in [6.07, 6.45) is 5.23. The first-order valence-electron chi connectivity index (χ1n) is 6.57. The summed E-state index contributed by atoms with van der Waals surface area (Å²) in [6, 6.07) is 8.70. The predicted molar refractivity (Wildman–Crippen MR) is 75.9 cm³/mol. The van der Waals surface area contributed by atoms with E-state index in [1.807, 2.05) is 23.6 Å². The molecule has 2 aromatic heterocycles. The minimum absolute atomic E-state index is 0.103. The van der Waals surface area contributed by atoms with Gasteiger partial charge in [0.1, 0.15) is 0 Å². The zero-order valence-corrected chi connectivity index (χ0v) is 11.4. The highest BCUT2D eigenvalue weighted by Gasteiger charge is 2.30. The molecular formula is C15H18N2S. The molecule has 0 spiro atoms. The standard InChI is InChI=1S/C15H18N2S/c1-2-11-6-8-13(18-11)14(16)12-7-5-10-4-3-9-17-15(10)12/h3-4,6,8-9,12,14H,2,5,7,16H2,1H3. The van der Waals surface area contributed by atoms with E-state index in [1.54, 1.807) is 0 Å². The molecule has 1 aliphatic carbocycles. The quantitative estimate of drug-likeness (QED) is 0.916. The minimum Gasteiger partial charge on any atom is -0.323 e. The Morgan fingerprint density at radius 1 is 1.44 bits per heavy atom. The lowest BCUT2D eigenvalue weighted by Gasteiger charge is -2.18. The molecule has 2 atom stereocenters. The fourth-order valence-electron chi connectivity index (χ4n) is 2.76. The first-order valence-corrected chi connectivity index (χ1v) is 7.39. The smallest absolute Gasteiger partial charge is 0.0485 e. The highest BCUT2D eigenvalue weighted by molar-refractivity contribution is 7.12. The number of nitrogens with zero attached hydrogens (tertiary/aromatic N) is 1. The largest absolute Gasteiger partial charge is 0.323 e. The van der Waals surface area contributed by atoms with Gasteiger partial charge in [0, 0.05) is 33.6 Å². The second-order valence-electron chi connectivity index (χ2n) is 4.88. The molecule has 2 unspecified atom stereocenters. The van der Waals surface area contributed by atoms with Crippen LogP contribution in [0.15, 0.2) is 30.5 Å². The van der Waals surface area contributed by atoms with Gasteiger partial charge in [-0.3, -0.25) is 4.98 Å². The van der Waals surface area contributed by atoms with Crippen molar-refractivity contribution in [1.82, 2.24) is 4.98 Å². The molecule has 0 aromatic carbocycles. The summed E-state index contributed by atoms with van der Waals surface area (Å²) < 4.78 is 0. The Labute approximate surface area is 112 Å². The van der Waals surface area contributed by atoms with Gasteiger partial charge in [-0.25, -0.2) is 0 Å². The maximum absolute atomic E-state index is 6.45. The number of hydrogen-bond acceptors (Lipinski definition) is 3. The van der Waals surface area contributed by atoms with Crippen molar-refractivity contribution in [3.8, 4) is 0 Å². The Hall–Kier alpha value is -1.19. The third-order valence-electron chi connectivity index (χ3n) is 3.79. The summed E-state index contributed by atoms with van der Waals surface area (Å²) in [5, 5.41) is 0. The molecule has 3 rings (SSSR count). The Morgan fingerprint density at radius 3 is 3.11 bits per heavy atom. The van der Waals surface area contributed by atoms with Crippen LogP contribution >= 0.6 is 11.3 Å². The van der Waals surface area contributed by atoms with E-state index >= 15 is 0 Å². The monoisotopic (exact) mass is 258 g/mol. The lowest BCUT2D eigenvalue weighted by Crippen LogP contribution is -2.17. The number of aromatic nitrogens is 1. The van der Waals surface area contributed by atoms with Crippen LogP contribution in [0.5, 0.6) is 0 Å². The second kappa shape index (κ2) is 4.82. The van der Waals surface area contributed by atoms with E-state index in [0.29, 0.717) is 5.92 Å². The molecule has 1 aliphatic rings. The summed E-state index contributed by atoms with van der Waals surface area (Å²) in [6.45, 7) is 2.19. The van der Waals surface area contributed by atoms with Gasteiger partial charge in [-0.1, -0.05) is 13.0 Å². The van der Waals surface area contributed by atoms with Crippen LogP contribution < -0.4 is 5.73 Å². The zero-order valence-electron chi connectivity index (χ0n) is 10.6. The van der Waals surface area contributed by atoms with E-state index in [-0.39, 0.29) is 6.04 Å². The SMILES string of the molecule is CCc1ccc(C(N)C2CCc3cccnc32)s1. The summed E-state index contributed by atoms with van der Waals surface area (Å²) >= 11 is 1.85. The maximum atomic E-state index is 6.45. The molecule has 0 radical (unpaired) electrons. The van der Waals surface area contributed by atoms with Crippen molar-refractivity contribution >= 4 is 11.3 Å². The van der Waals surface area contributed by atoms with E-state index in [0.717, 1.165) is 19.3 Å². The Bertz CT molecular complexity index is 547. The lowest BCUT2D eigenvalue weighted by molar-refractivity contribution is 0.548. The van der Waals surface area contributed by atoms with Crippen molar-refractivity contribution in [3.63, 3.8) is 0 Å². The molecule has 3 heteroatoms. The predicted octanol–water partition coefficient (Wildman–Crippen LogP) is 3.44. The Kier molecular flexibility index (Phi) is 3.18. The van der Waals surface area contributed by atoms with Crippen molar-refractivity contribution in [3.05, 3.63) is 51.5 Å². The summed E-state index contributed by atoms with van der Waals surface area (Å²) in [7, 11) is 0. The minimum atomic E-state index is 0.103. The third kappa shape index (κ3) is 1.98. The number of nitrogens with two attached hydrogens (primary N) is 1. The van der Waals surface area contributed by atoms with E-state index in [1.165, 1.54) is 21.0 Å². The fourth-order valence-corrected chi connectivity index (χ4v) is 3.78. The summed E-state index contributed by atoms with van der Waals surface area (Å²) in [5.41, 5.74) is 9.05. The van der Waals surface area contributed by atoms with Crippen LogP contribution in [0, 0.1) is 0 Å². The highest BCUT2D eigenvalue weighted by atomic mass is 32.1. The van der Waals surface area contributed by atoms with Gasteiger partial charge in [0.05, 0.1) is 0 Å². The zero-order chi connectivity index (χ0) is 12.5. The molecule has 94 valence electrons. The number of thiophene rings is 1. The first-order chi connectivity index (χ1) is 8.79. The van der Waals surface area contributed by atoms with Crippen molar-refractivity contribution in [2.24, 2.45) is 5.73 Å². The molecule has 18 heavy (non-hydrogen) atoms. The maximum Gasteiger partial charge on any atom is 0.0485 e. The second-order valence-corrected chi connectivity index (χ2v) is 6.08. The number of hydrogen-bond donors (Lipinski definition) is 1. The number of rotatable bonds is 3. The molecule has 0 fully saturated rings. The van der Waals surface area contributed by atoms with Gasteiger partial charge in [-0.2, -0.15) is 0 Å². The van der Waals surface area contributed by atoms with Crippen LogP contribution in [0.4, 0.5) is 0 Å². The number of aryl methyl sites for hydroxylation is 2. The van der Waals surface area contributed by atoms with Crippen LogP contribution in [-0.2, 0) is 12.8 Å². The van der Waals surface area contributed by atoms with Gasteiger partial charge in [0.2, 0.25) is 0 Å². The lowest BCUT2D eigenvalue weighted by atomic mass is 9.96. The van der Waals surface area contributed by atoms with Crippen LogP contribution in [0.3, 0.4) is 0 Å². The fraction of sp³-hybridized carbons (Fsp3) is 0.400. The Balaban J connectivity index is 1.88. The molecule has 0 saturated heterocycles.